The smallest absolute Gasteiger partial charge is 0.167 e. The maximum absolute atomic E-state index is 12.0. The van der Waals surface area contributed by atoms with E-state index in [4.69, 9.17) is 4.74 Å². The van der Waals surface area contributed by atoms with Gasteiger partial charge in [0.15, 0.2) is 6.29 Å². The maximum Gasteiger partial charge on any atom is 0.167 e. The average Bonchev–Trinajstić information content (AvgIpc) is 3.10. The minimum atomic E-state index is 0.385. The molecule has 0 radical (unpaired) electrons. The van der Waals surface area contributed by atoms with Crippen molar-refractivity contribution in [3.63, 3.8) is 0 Å². The lowest BCUT2D eigenvalue weighted by Crippen LogP contribution is -1.99. The van der Waals surface area contributed by atoms with Crippen LogP contribution in [0.4, 0.5) is 0 Å². The van der Waals surface area contributed by atoms with Gasteiger partial charge in [0.25, 0.3) is 0 Å². The molecule has 2 aromatic heterocycles. The van der Waals surface area contributed by atoms with Crippen LogP contribution < -0.4 is 4.74 Å². The van der Waals surface area contributed by atoms with E-state index < -0.39 is 0 Å². The summed E-state index contributed by atoms with van der Waals surface area (Å²) in [5, 5.41) is 0. The summed E-state index contributed by atoms with van der Waals surface area (Å²) < 4.78 is 8.15. The van der Waals surface area contributed by atoms with Crippen LogP contribution in [-0.4, -0.2) is 10.7 Å². The van der Waals surface area contributed by atoms with Crippen LogP contribution in [0.15, 0.2) is 72.9 Å². The van der Waals surface area contributed by atoms with Gasteiger partial charge in [0.2, 0.25) is 0 Å². The number of carbonyl (C=O) groups is 1. The highest BCUT2D eigenvalue weighted by molar-refractivity contribution is 5.91. The van der Waals surface area contributed by atoms with E-state index in [2.05, 4.69) is 57.2 Å². The molecule has 0 aliphatic heterocycles. The van der Waals surface area contributed by atoms with Crippen LogP contribution in [-0.2, 0) is 6.61 Å². The van der Waals surface area contributed by atoms with E-state index in [-0.39, 0.29) is 0 Å². The fourth-order valence-electron chi connectivity index (χ4n) is 3.63. The first kappa shape index (κ1) is 19.0. The molecule has 0 bridgehead atoms. The number of benzene rings is 2. The van der Waals surface area contributed by atoms with Gasteiger partial charge in [0, 0.05) is 22.8 Å². The fraction of sp³-hybridized carbons (Fsp3) is 0.192. The molecule has 0 N–H and O–H groups in total. The zero-order valence-electron chi connectivity index (χ0n) is 17.1. The molecular formula is C26H25NO2. The second kappa shape index (κ2) is 7.96. The van der Waals surface area contributed by atoms with Gasteiger partial charge in [-0.3, -0.25) is 4.79 Å². The average molecular weight is 383 g/mol. The van der Waals surface area contributed by atoms with Gasteiger partial charge < -0.3 is 9.14 Å². The van der Waals surface area contributed by atoms with E-state index >= 15 is 0 Å². The second-order valence-corrected chi connectivity index (χ2v) is 7.74. The Labute approximate surface area is 171 Å². The van der Waals surface area contributed by atoms with Gasteiger partial charge in [-0.25, -0.2) is 0 Å². The molecule has 0 fully saturated rings. The van der Waals surface area contributed by atoms with Crippen molar-refractivity contribution >= 4 is 11.8 Å². The number of hydrogen-bond acceptors (Lipinski definition) is 2. The van der Waals surface area contributed by atoms with Crippen LogP contribution in [0.5, 0.6) is 5.75 Å². The number of pyridine rings is 1. The number of carbonyl (C=O) groups excluding carboxylic acids is 1. The zero-order chi connectivity index (χ0) is 20.4. The molecule has 0 amide bonds. The van der Waals surface area contributed by atoms with Gasteiger partial charge in [-0.15, -0.1) is 0 Å². The third-order valence-electron chi connectivity index (χ3n) is 5.28. The highest BCUT2D eigenvalue weighted by Crippen LogP contribution is 2.37. The predicted molar refractivity (Wildman–Crippen MR) is 118 cm³/mol. The zero-order valence-corrected chi connectivity index (χ0v) is 17.1. The number of rotatable bonds is 6. The number of nitrogens with zero attached hydrogens (tertiary/aromatic N) is 1. The summed E-state index contributed by atoms with van der Waals surface area (Å²) in [6, 6.07) is 22.6. The van der Waals surface area contributed by atoms with Crippen molar-refractivity contribution in [2.24, 2.45) is 0 Å². The monoisotopic (exact) mass is 383 g/mol. The Morgan fingerprint density at radius 3 is 2.48 bits per heavy atom. The minimum absolute atomic E-state index is 0.385. The van der Waals surface area contributed by atoms with Crippen LogP contribution in [0, 0.1) is 6.92 Å². The third kappa shape index (κ3) is 3.81. The van der Waals surface area contributed by atoms with Crippen LogP contribution in [0.3, 0.4) is 0 Å². The lowest BCUT2D eigenvalue weighted by Gasteiger charge is -2.15. The quantitative estimate of drug-likeness (QED) is 0.359. The first-order valence-electron chi connectivity index (χ1n) is 9.94. The number of aromatic nitrogens is 1. The summed E-state index contributed by atoms with van der Waals surface area (Å²) in [6.45, 7) is 6.88. The molecule has 0 saturated heterocycles. The predicted octanol–water partition coefficient (Wildman–Crippen LogP) is 6.43. The lowest BCUT2D eigenvalue weighted by atomic mass is 9.96. The normalized spacial score (nSPS) is 11.2. The number of hydrogen-bond donors (Lipinski definition) is 0. The molecule has 3 nitrogen and oxygen atoms in total. The van der Waals surface area contributed by atoms with E-state index in [9.17, 15) is 4.79 Å². The molecule has 4 aromatic rings. The Kier molecular flexibility index (Phi) is 5.22. The van der Waals surface area contributed by atoms with E-state index in [0.29, 0.717) is 18.2 Å². The number of aryl methyl sites for hydroxylation is 1. The maximum atomic E-state index is 12.0. The van der Waals surface area contributed by atoms with Crippen LogP contribution in [0.1, 0.15) is 46.9 Å². The van der Waals surface area contributed by atoms with Gasteiger partial charge in [0.05, 0.1) is 5.69 Å². The third-order valence-corrected chi connectivity index (χ3v) is 5.28. The Balaban J connectivity index is 1.83. The first-order chi connectivity index (χ1) is 14.1. The molecule has 2 aromatic carbocycles. The summed E-state index contributed by atoms with van der Waals surface area (Å²) in [6.07, 6.45) is 2.88. The lowest BCUT2D eigenvalue weighted by molar-refractivity contribution is 0.111. The minimum Gasteiger partial charge on any atom is -0.488 e. The summed E-state index contributed by atoms with van der Waals surface area (Å²) in [7, 11) is 0. The molecule has 4 rings (SSSR count). The topological polar surface area (TPSA) is 30.7 Å². The van der Waals surface area contributed by atoms with Crippen LogP contribution >= 0.6 is 0 Å². The summed E-state index contributed by atoms with van der Waals surface area (Å²) in [4.78, 5) is 12.0. The summed E-state index contributed by atoms with van der Waals surface area (Å²) in [5.41, 5.74) is 6.99. The highest BCUT2D eigenvalue weighted by atomic mass is 16.5. The van der Waals surface area contributed by atoms with Crippen LogP contribution in [0.25, 0.3) is 16.6 Å². The largest absolute Gasteiger partial charge is 0.488 e. The van der Waals surface area contributed by atoms with Crippen LogP contribution in [0.2, 0.25) is 0 Å². The van der Waals surface area contributed by atoms with Gasteiger partial charge >= 0.3 is 0 Å². The summed E-state index contributed by atoms with van der Waals surface area (Å²) >= 11 is 0. The Bertz CT molecular complexity index is 1160. The van der Waals surface area contributed by atoms with Crippen molar-refractivity contribution in [1.82, 2.24) is 4.40 Å². The molecule has 0 spiro atoms. The van der Waals surface area contributed by atoms with Gasteiger partial charge in [0.1, 0.15) is 12.4 Å². The fourth-order valence-corrected chi connectivity index (χ4v) is 3.63. The summed E-state index contributed by atoms with van der Waals surface area (Å²) in [5.74, 6) is 1.17. The van der Waals surface area contributed by atoms with E-state index in [1.807, 2.05) is 40.9 Å². The number of ether oxygens (including phenoxy) is 1. The van der Waals surface area contributed by atoms with E-state index in [1.165, 1.54) is 5.56 Å². The van der Waals surface area contributed by atoms with Crippen molar-refractivity contribution in [2.75, 3.05) is 0 Å². The molecule has 2 heterocycles. The van der Waals surface area contributed by atoms with Crippen molar-refractivity contribution in [1.29, 1.82) is 0 Å². The second-order valence-electron chi connectivity index (χ2n) is 7.74. The molecule has 0 unspecified atom stereocenters. The molecule has 0 atom stereocenters. The first-order valence-corrected chi connectivity index (χ1v) is 9.94. The molecule has 0 aliphatic rings. The molecular weight excluding hydrogens is 358 g/mol. The Hall–Kier alpha value is -3.33. The van der Waals surface area contributed by atoms with Crippen molar-refractivity contribution in [3.05, 3.63) is 95.3 Å². The molecule has 3 heteroatoms. The molecule has 29 heavy (non-hydrogen) atoms. The molecule has 0 saturated carbocycles. The van der Waals surface area contributed by atoms with Gasteiger partial charge in [-0.1, -0.05) is 50.2 Å². The van der Waals surface area contributed by atoms with Gasteiger partial charge in [-0.2, -0.15) is 0 Å². The SMILES string of the molecule is Cc1ccn2c(C=O)c(-c3cc(C(C)C)ccc3OCc3ccccc3)cc2c1. The number of aldehydes is 1. The van der Waals surface area contributed by atoms with Crippen molar-refractivity contribution < 1.29 is 9.53 Å². The Morgan fingerprint density at radius 2 is 1.76 bits per heavy atom. The number of fused-ring (bicyclic) bond motifs is 1. The highest BCUT2D eigenvalue weighted by Gasteiger charge is 2.17. The van der Waals surface area contributed by atoms with Crippen molar-refractivity contribution in [2.45, 2.75) is 33.3 Å². The van der Waals surface area contributed by atoms with Gasteiger partial charge in [-0.05, 0) is 59.9 Å². The molecule has 0 aliphatic carbocycles. The van der Waals surface area contributed by atoms with E-state index in [0.717, 1.165) is 39.8 Å². The standard InChI is InChI=1S/C26H25NO2/c1-18(2)21-9-10-26(29-17-20-7-5-4-6-8-20)24(14-21)23-15-22-13-19(3)11-12-27(22)25(23)16-28/h4-16,18H,17H2,1-3H3. The Morgan fingerprint density at radius 1 is 0.966 bits per heavy atom. The van der Waals surface area contributed by atoms with Crippen molar-refractivity contribution in [3.8, 4) is 16.9 Å². The van der Waals surface area contributed by atoms with E-state index in [1.54, 1.807) is 0 Å². The molecule has 146 valence electrons.